The van der Waals surface area contributed by atoms with Gasteiger partial charge in [-0.1, -0.05) is 0 Å². The third-order valence-electron chi connectivity index (χ3n) is 1.57. The fraction of sp³-hybridized carbons (Fsp3) is 1.00. The second-order valence-corrected chi connectivity index (χ2v) is 6.23. The number of quaternary nitrogens is 1. The van der Waals surface area contributed by atoms with Crippen LogP contribution in [0.15, 0.2) is 0 Å². The van der Waals surface area contributed by atoms with Crippen LogP contribution in [-0.2, 0) is 13.6 Å². The van der Waals surface area contributed by atoms with Crippen LogP contribution in [0.25, 0.3) is 0 Å². The van der Waals surface area contributed by atoms with Crippen LogP contribution in [0, 0.1) is 0 Å². The first kappa shape index (κ1) is 15.1. The van der Waals surface area contributed by atoms with Gasteiger partial charge in [-0.3, -0.25) is 9.05 Å². The molecule has 1 atom stereocenters. The molecule has 0 aromatic heterocycles. The van der Waals surface area contributed by atoms with Gasteiger partial charge in [-0.2, -0.15) is 0 Å². The SMILES string of the molecule is CC(C)OP(=O)(O)OCCC[N+](C)(C)C. The largest absolute Gasteiger partial charge is 0.472 e. The van der Waals surface area contributed by atoms with E-state index < -0.39 is 7.82 Å². The first-order valence-electron chi connectivity index (χ1n) is 5.08. The van der Waals surface area contributed by atoms with Gasteiger partial charge in [0.05, 0.1) is 40.4 Å². The first-order valence-corrected chi connectivity index (χ1v) is 6.58. The van der Waals surface area contributed by atoms with Gasteiger partial charge in [0.25, 0.3) is 0 Å². The molecule has 0 radical (unpaired) electrons. The Kier molecular flexibility index (Phi) is 5.99. The highest BCUT2D eigenvalue weighted by atomic mass is 31.2. The number of phosphoric acid groups is 1. The highest BCUT2D eigenvalue weighted by molar-refractivity contribution is 7.47. The van der Waals surface area contributed by atoms with Gasteiger partial charge >= 0.3 is 7.82 Å². The summed E-state index contributed by atoms with van der Waals surface area (Å²) in [5.41, 5.74) is 0. The predicted octanol–water partition coefficient (Wildman–Crippen LogP) is 1.62. The van der Waals surface area contributed by atoms with Crippen molar-refractivity contribution in [3.8, 4) is 0 Å². The average molecular weight is 240 g/mol. The maximum absolute atomic E-state index is 11.3. The summed E-state index contributed by atoms with van der Waals surface area (Å²) in [4.78, 5) is 9.22. The van der Waals surface area contributed by atoms with Gasteiger partial charge < -0.3 is 9.38 Å². The highest BCUT2D eigenvalue weighted by Gasteiger charge is 2.22. The Bertz CT molecular complexity index is 225. The van der Waals surface area contributed by atoms with E-state index in [9.17, 15) is 9.46 Å². The minimum Gasteiger partial charge on any atom is -0.331 e. The van der Waals surface area contributed by atoms with Gasteiger partial charge in [0.1, 0.15) is 0 Å². The van der Waals surface area contributed by atoms with Gasteiger partial charge in [0.2, 0.25) is 0 Å². The van der Waals surface area contributed by atoms with E-state index in [4.69, 9.17) is 9.05 Å². The standard InChI is InChI=1S/C9H22NO4P/c1-9(2)14-15(11,12)13-8-6-7-10(3,4)5/h9H,6-8H2,1-5H3/p+1. The Morgan fingerprint density at radius 1 is 1.33 bits per heavy atom. The molecule has 0 fully saturated rings. The molecule has 92 valence electrons. The number of rotatable bonds is 7. The zero-order valence-electron chi connectivity index (χ0n) is 10.3. The lowest BCUT2D eigenvalue weighted by Crippen LogP contribution is -2.35. The van der Waals surface area contributed by atoms with Gasteiger partial charge in [0.15, 0.2) is 0 Å². The molecule has 0 aliphatic heterocycles. The highest BCUT2D eigenvalue weighted by Crippen LogP contribution is 2.44. The van der Waals surface area contributed by atoms with Crippen molar-refractivity contribution in [2.45, 2.75) is 26.4 Å². The molecule has 0 aliphatic rings. The van der Waals surface area contributed by atoms with Crippen LogP contribution < -0.4 is 0 Å². The molecule has 0 heterocycles. The molecule has 5 nitrogen and oxygen atoms in total. The van der Waals surface area contributed by atoms with Crippen LogP contribution in [0.1, 0.15) is 20.3 Å². The van der Waals surface area contributed by atoms with E-state index in [-0.39, 0.29) is 12.7 Å². The minimum atomic E-state index is -3.84. The van der Waals surface area contributed by atoms with E-state index in [1.165, 1.54) is 0 Å². The molecule has 0 amide bonds. The summed E-state index contributed by atoms with van der Waals surface area (Å²) in [5.74, 6) is 0. The van der Waals surface area contributed by atoms with E-state index in [0.717, 1.165) is 17.4 Å². The van der Waals surface area contributed by atoms with Crippen molar-refractivity contribution in [2.24, 2.45) is 0 Å². The van der Waals surface area contributed by atoms with Crippen molar-refractivity contribution in [1.29, 1.82) is 0 Å². The molecule has 6 heteroatoms. The maximum atomic E-state index is 11.3. The monoisotopic (exact) mass is 240 g/mol. The molecule has 0 aromatic rings. The predicted molar refractivity (Wildman–Crippen MR) is 59.5 cm³/mol. The van der Waals surface area contributed by atoms with Crippen LogP contribution in [0.3, 0.4) is 0 Å². The Morgan fingerprint density at radius 3 is 2.27 bits per heavy atom. The van der Waals surface area contributed by atoms with Crippen molar-refractivity contribution in [3.05, 3.63) is 0 Å². The van der Waals surface area contributed by atoms with Crippen LogP contribution in [-0.4, -0.2) is 49.8 Å². The fourth-order valence-corrected chi connectivity index (χ4v) is 1.97. The molecule has 0 rings (SSSR count). The van der Waals surface area contributed by atoms with Gasteiger partial charge in [0, 0.05) is 6.42 Å². The van der Waals surface area contributed by atoms with Crippen molar-refractivity contribution < 1.29 is 23.0 Å². The quantitative estimate of drug-likeness (QED) is 0.417. The first-order chi connectivity index (χ1) is 6.62. The molecule has 0 aromatic carbocycles. The zero-order valence-corrected chi connectivity index (χ0v) is 11.2. The third-order valence-corrected chi connectivity index (χ3v) is 2.77. The molecular formula is C9H23NO4P+. The Morgan fingerprint density at radius 2 is 1.87 bits per heavy atom. The maximum Gasteiger partial charge on any atom is 0.472 e. The van der Waals surface area contributed by atoms with Crippen molar-refractivity contribution >= 4 is 7.82 Å². The van der Waals surface area contributed by atoms with Crippen molar-refractivity contribution in [3.63, 3.8) is 0 Å². The summed E-state index contributed by atoms with van der Waals surface area (Å²) in [6.45, 7) is 4.52. The Balaban J connectivity index is 3.72. The molecule has 0 bridgehead atoms. The van der Waals surface area contributed by atoms with Crippen LogP contribution in [0.4, 0.5) is 0 Å². The number of hydrogen-bond acceptors (Lipinski definition) is 3. The summed E-state index contributed by atoms with van der Waals surface area (Å²) in [6, 6.07) is 0. The Labute approximate surface area is 92.2 Å². The molecule has 1 unspecified atom stereocenters. The van der Waals surface area contributed by atoms with Gasteiger partial charge in [-0.05, 0) is 13.8 Å². The van der Waals surface area contributed by atoms with Gasteiger partial charge in [-0.25, -0.2) is 4.57 Å². The van der Waals surface area contributed by atoms with E-state index in [2.05, 4.69) is 21.1 Å². The smallest absolute Gasteiger partial charge is 0.331 e. The average Bonchev–Trinajstić information content (AvgIpc) is 1.93. The lowest BCUT2D eigenvalue weighted by atomic mass is 10.4. The van der Waals surface area contributed by atoms with E-state index >= 15 is 0 Å². The van der Waals surface area contributed by atoms with Gasteiger partial charge in [-0.15, -0.1) is 0 Å². The molecule has 1 N–H and O–H groups in total. The van der Waals surface area contributed by atoms with Crippen molar-refractivity contribution in [2.75, 3.05) is 34.3 Å². The summed E-state index contributed by atoms with van der Waals surface area (Å²) in [6.07, 6.45) is 0.425. The molecular weight excluding hydrogens is 217 g/mol. The van der Waals surface area contributed by atoms with Crippen molar-refractivity contribution in [1.82, 2.24) is 0 Å². The molecule has 0 aliphatic carbocycles. The summed E-state index contributed by atoms with van der Waals surface area (Å²) in [7, 11) is 2.34. The van der Waals surface area contributed by atoms with E-state index in [1.807, 2.05) is 0 Å². The van der Waals surface area contributed by atoms with E-state index in [1.54, 1.807) is 13.8 Å². The third kappa shape index (κ3) is 10.4. The number of hydrogen-bond donors (Lipinski definition) is 1. The second-order valence-electron chi connectivity index (χ2n) is 4.82. The zero-order chi connectivity index (χ0) is 12.1. The molecule has 0 saturated heterocycles. The minimum absolute atomic E-state index is 0.246. The molecule has 15 heavy (non-hydrogen) atoms. The molecule has 0 spiro atoms. The van der Waals surface area contributed by atoms with Crippen LogP contribution in [0.5, 0.6) is 0 Å². The lowest BCUT2D eigenvalue weighted by Gasteiger charge is -2.23. The molecule has 0 saturated carbocycles. The summed E-state index contributed by atoms with van der Waals surface area (Å²) in [5, 5.41) is 0. The van der Waals surface area contributed by atoms with Crippen LogP contribution >= 0.6 is 7.82 Å². The lowest BCUT2D eigenvalue weighted by molar-refractivity contribution is -0.870. The number of nitrogens with zero attached hydrogens (tertiary/aromatic N) is 1. The summed E-state index contributed by atoms with van der Waals surface area (Å²) >= 11 is 0. The topological polar surface area (TPSA) is 55.8 Å². The summed E-state index contributed by atoms with van der Waals surface area (Å²) < 4.78 is 21.6. The van der Waals surface area contributed by atoms with Crippen LogP contribution in [0.2, 0.25) is 0 Å². The Hall–Kier alpha value is 0.0700. The fourth-order valence-electron chi connectivity index (χ4n) is 1.02. The van der Waals surface area contributed by atoms with E-state index in [0.29, 0.717) is 0 Å². The number of phosphoric ester groups is 1. The normalized spacial score (nSPS) is 16.7. The second kappa shape index (κ2) is 5.97.